The highest BCUT2D eigenvalue weighted by molar-refractivity contribution is 5.77. The van der Waals surface area contributed by atoms with E-state index in [1.165, 1.54) is 11.1 Å². The van der Waals surface area contributed by atoms with Gasteiger partial charge >= 0.3 is 0 Å². The average molecular weight is 264 g/mol. The van der Waals surface area contributed by atoms with Gasteiger partial charge in [-0.1, -0.05) is 0 Å². The molecule has 0 amide bonds. The van der Waals surface area contributed by atoms with E-state index in [-0.39, 0.29) is 6.61 Å². The van der Waals surface area contributed by atoms with Crippen molar-refractivity contribution in [2.45, 2.75) is 20.5 Å². The van der Waals surface area contributed by atoms with Crippen LogP contribution in [0.1, 0.15) is 17.0 Å². The molecule has 0 aliphatic heterocycles. The summed E-state index contributed by atoms with van der Waals surface area (Å²) in [5.41, 5.74) is 4.50. The van der Waals surface area contributed by atoms with Gasteiger partial charge in [0.1, 0.15) is 12.4 Å². The molecular formula is C14H20N2O3. The number of nitrogens with one attached hydrogen (secondary N) is 1. The number of aryl methyl sites for hydroxylation is 2. The lowest BCUT2D eigenvalue weighted by Gasteiger charge is -2.02. The van der Waals surface area contributed by atoms with E-state index in [1.54, 1.807) is 0 Å². The molecular weight excluding hydrogens is 244 g/mol. The van der Waals surface area contributed by atoms with Crippen LogP contribution >= 0.6 is 0 Å². The van der Waals surface area contributed by atoms with Crippen LogP contribution in [0.25, 0.3) is 11.0 Å². The number of ether oxygens (including phenoxy) is 2. The molecule has 2 N–H and O–H groups in total. The number of hydrogen-bond acceptors (Lipinski definition) is 4. The van der Waals surface area contributed by atoms with Crippen LogP contribution in [-0.4, -0.2) is 41.5 Å². The lowest BCUT2D eigenvalue weighted by atomic mass is 10.1. The van der Waals surface area contributed by atoms with Crippen molar-refractivity contribution in [2.24, 2.45) is 0 Å². The predicted octanol–water partition coefficient (Wildman–Crippen LogP) is 1.71. The van der Waals surface area contributed by atoms with E-state index in [2.05, 4.69) is 35.9 Å². The summed E-state index contributed by atoms with van der Waals surface area (Å²) in [6, 6.07) is 4.18. The largest absolute Gasteiger partial charge is 0.394 e. The quantitative estimate of drug-likeness (QED) is 0.747. The van der Waals surface area contributed by atoms with Gasteiger partial charge in [-0.05, 0) is 37.1 Å². The number of benzene rings is 1. The molecule has 1 aromatic carbocycles. The highest BCUT2D eigenvalue weighted by Gasteiger charge is 2.04. The summed E-state index contributed by atoms with van der Waals surface area (Å²) in [6.45, 7) is 5.99. The lowest BCUT2D eigenvalue weighted by Crippen LogP contribution is -2.07. The standard InChI is InChI=1S/C14H20N2O3/c1-10-7-12-13(8-11(10)2)16-14(15-12)9-19-6-5-18-4-3-17/h7-8,17H,3-6,9H2,1-2H3,(H,15,16). The van der Waals surface area contributed by atoms with Gasteiger partial charge in [-0.25, -0.2) is 4.98 Å². The zero-order chi connectivity index (χ0) is 13.7. The highest BCUT2D eigenvalue weighted by Crippen LogP contribution is 2.17. The van der Waals surface area contributed by atoms with E-state index in [1.807, 2.05) is 0 Å². The predicted molar refractivity (Wildman–Crippen MR) is 73.1 cm³/mol. The Morgan fingerprint density at radius 1 is 1.11 bits per heavy atom. The second-order valence-corrected chi connectivity index (χ2v) is 4.53. The van der Waals surface area contributed by atoms with Crippen LogP contribution in [0, 0.1) is 13.8 Å². The minimum absolute atomic E-state index is 0.0439. The van der Waals surface area contributed by atoms with Crippen LogP contribution < -0.4 is 0 Å². The van der Waals surface area contributed by atoms with Crippen molar-refractivity contribution in [3.05, 3.63) is 29.1 Å². The monoisotopic (exact) mass is 264 g/mol. The van der Waals surface area contributed by atoms with Gasteiger partial charge in [0.05, 0.1) is 37.5 Å². The maximum absolute atomic E-state index is 8.55. The second-order valence-electron chi connectivity index (χ2n) is 4.53. The molecule has 1 heterocycles. The van der Waals surface area contributed by atoms with Crippen LogP contribution in [0.5, 0.6) is 0 Å². The minimum atomic E-state index is 0.0439. The topological polar surface area (TPSA) is 67.4 Å². The minimum Gasteiger partial charge on any atom is -0.394 e. The molecule has 5 heteroatoms. The van der Waals surface area contributed by atoms with E-state index in [4.69, 9.17) is 14.6 Å². The molecule has 0 saturated carbocycles. The van der Waals surface area contributed by atoms with Gasteiger partial charge in [-0.15, -0.1) is 0 Å². The molecule has 0 aliphatic rings. The fraction of sp³-hybridized carbons (Fsp3) is 0.500. The van der Waals surface area contributed by atoms with Gasteiger partial charge in [-0.2, -0.15) is 0 Å². The number of fused-ring (bicyclic) bond motifs is 1. The lowest BCUT2D eigenvalue weighted by molar-refractivity contribution is 0.0258. The summed E-state index contributed by atoms with van der Waals surface area (Å²) in [6.07, 6.45) is 0. The maximum atomic E-state index is 8.55. The number of nitrogens with zero attached hydrogens (tertiary/aromatic N) is 1. The van der Waals surface area contributed by atoms with Crippen molar-refractivity contribution in [1.29, 1.82) is 0 Å². The second kappa shape index (κ2) is 6.65. The van der Waals surface area contributed by atoms with Crippen molar-refractivity contribution < 1.29 is 14.6 Å². The van der Waals surface area contributed by atoms with Gasteiger partial charge in [0.25, 0.3) is 0 Å². The Balaban J connectivity index is 1.87. The zero-order valence-electron chi connectivity index (χ0n) is 11.4. The molecule has 0 unspecified atom stereocenters. The van der Waals surface area contributed by atoms with Crippen molar-refractivity contribution >= 4 is 11.0 Å². The zero-order valence-corrected chi connectivity index (χ0v) is 11.4. The molecule has 0 aliphatic carbocycles. The Labute approximate surface area is 112 Å². The Morgan fingerprint density at radius 2 is 1.84 bits per heavy atom. The van der Waals surface area contributed by atoms with Gasteiger partial charge in [-0.3, -0.25) is 0 Å². The Bertz CT molecular complexity index is 498. The van der Waals surface area contributed by atoms with Crippen LogP contribution in [0.4, 0.5) is 0 Å². The molecule has 2 aromatic rings. The number of aliphatic hydroxyl groups is 1. The summed E-state index contributed by atoms with van der Waals surface area (Å²) >= 11 is 0. The van der Waals surface area contributed by atoms with Crippen molar-refractivity contribution in [1.82, 2.24) is 9.97 Å². The molecule has 0 bridgehead atoms. The summed E-state index contributed by atoms with van der Waals surface area (Å²) < 4.78 is 10.6. The van der Waals surface area contributed by atoms with E-state index in [9.17, 15) is 0 Å². The highest BCUT2D eigenvalue weighted by atomic mass is 16.5. The number of aliphatic hydroxyl groups excluding tert-OH is 1. The molecule has 5 nitrogen and oxygen atoms in total. The Kier molecular flexibility index (Phi) is 4.90. The molecule has 0 saturated heterocycles. The molecule has 0 fully saturated rings. The van der Waals surface area contributed by atoms with Crippen LogP contribution in [0.2, 0.25) is 0 Å². The van der Waals surface area contributed by atoms with Crippen molar-refractivity contribution in [3.8, 4) is 0 Å². The van der Waals surface area contributed by atoms with Gasteiger partial charge in [0.15, 0.2) is 0 Å². The van der Waals surface area contributed by atoms with Gasteiger partial charge < -0.3 is 19.6 Å². The van der Waals surface area contributed by atoms with E-state index in [0.29, 0.717) is 26.4 Å². The Hall–Kier alpha value is -1.43. The number of aromatic nitrogens is 2. The molecule has 104 valence electrons. The fourth-order valence-corrected chi connectivity index (χ4v) is 1.84. The number of rotatable bonds is 7. The molecule has 0 spiro atoms. The number of aromatic amines is 1. The average Bonchev–Trinajstić information content (AvgIpc) is 2.76. The van der Waals surface area contributed by atoms with Crippen LogP contribution in [0.3, 0.4) is 0 Å². The van der Waals surface area contributed by atoms with Crippen LogP contribution in [0.15, 0.2) is 12.1 Å². The summed E-state index contributed by atoms with van der Waals surface area (Å²) in [5, 5.41) is 8.55. The third kappa shape index (κ3) is 3.76. The van der Waals surface area contributed by atoms with E-state index < -0.39 is 0 Å². The van der Waals surface area contributed by atoms with Crippen LogP contribution in [-0.2, 0) is 16.1 Å². The Morgan fingerprint density at radius 3 is 2.63 bits per heavy atom. The third-order valence-electron chi connectivity index (χ3n) is 2.99. The first-order valence-electron chi connectivity index (χ1n) is 6.43. The SMILES string of the molecule is Cc1cc2nc(COCCOCCO)[nH]c2cc1C. The maximum Gasteiger partial charge on any atom is 0.133 e. The fourth-order valence-electron chi connectivity index (χ4n) is 1.84. The normalized spacial score (nSPS) is 11.3. The molecule has 2 rings (SSSR count). The molecule has 0 radical (unpaired) electrons. The molecule has 0 atom stereocenters. The number of H-pyrrole nitrogens is 1. The third-order valence-corrected chi connectivity index (χ3v) is 2.99. The first kappa shape index (κ1) is 14.0. The van der Waals surface area contributed by atoms with Crippen molar-refractivity contribution in [2.75, 3.05) is 26.4 Å². The molecule has 1 aromatic heterocycles. The van der Waals surface area contributed by atoms with Gasteiger partial charge in [0.2, 0.25) is 0 Å². The first-order chi connectivity index (χ1) is 9.20. The summed E-state index contributed by atoms with van der Waals surface area (Å²) in [5.74, 6) is 0.821. The summed E-state index contributed by atoms with van der Waals surface area (Å²) in [7, 11) is 0. The summed E-state index contributed by atoms with van der Waals surface area (Å²) in [4.78, 5) is 7.74. The van der Waals surface area contributed by atoms with Crippen molar-refractivity contribution in [3.63, 3.8) is 0 Å². The molecule has 19 heavy (non-hydrogen) atoms. The van der Waals surface area contributed by atoms with E-state index >= 15 is 0 Å². The number of hydrogen-bond donors (Lipinski definition) is 2. The smallest absolute Gasteiger partial charge is 0.133 e. The number of imidazole rings is 1. The first-order valence-corrected chi connectivity index (χ1v) is 6.43. The van der Waals surface area contributed by atoms with Gasteiger partial charge in [0, 0.05) is 0 Å². The van der Waals surface area contributed by atoms with E-state index in [0.717, 1.165) is 16.9 Å².